The van der Waals surface area contributed by atoms with Crippen LogP contribution in [-0.2, 0) is 11.8 Å². The van der Waals surface area contributed by atoms with E-state index in [4.69, 9.17) is 11.6 Å². The van der Waals surface area contributed by atoms with E-state index in [1.165, 1.54) is 23.9 Å². The van der Waals surface area contributed by atoms with E-state index < -0.39 is 5.25 Å². The molecule has 0 radical (unpaired) electrons. The number of hydrogen-bond donors (Lipinski definition) is 1. The van der Waals surface area contributed by atoms with Crippen molar-refractivity contribution in [2.24, 2.45) is 7.05 Å². The molecule has 1 amide bonds. The van der Waals surface area contributed by atoms with E-state index in [2.05, 4.69) is 15.5 Å². The number of aromatic nitrogens is 3. The number of nitrogens with one attached hydrogen (secondary N) is 1. The SMILES string of the molecule is CC(Sc1nnc(-c2ccc(F)cc2)n1C)C(=O)Nc1ccccc1Cl. The average molecular weight is 391 g/mol. The van der Waals surface area contributed by atoms with Crippen molar-refractivity contribution in [2.75, 3.05) is 5.32 Å². The quantitative estimate of drug-likeness (QED) is 0.656. The van der Waals surface area contributed by atoms with Crippen molar-refractivity contribution in [3.63, 3.8) is 0 Å². The maximum Gasteiger partial charge on any atom is 0.237 e. The second kappa shape index (κ2) is 7.88. The Bertz CT molecular complexity index is 929. The molecule has 0 spiro atoms. The first-order chi connectivity index (χ1) is 12.5. The summed E-state index contributed by atoms with van der Waals surface area (Å²) in [6, 6.07) is 13.1. The van der Waals surface area contributed by atoms with Gasteiger partial charge in [-0.15, -0.1) is 10.2 Å². The highest BCUT2D eigenvalue weighted by atomic mass is 35.5. The molecular weight excluding hydrogens is 375 g/mol. The first-order valence-corrected chi connectivity index (χ1v) is 9.09. The highest BCUT2D eigenvalue weighted by Gasteiger charge is 2.20. The summed E-state index contributed by atoms with van der Waals surface area (Å²) in [5.41, 5.74) is 1.32. The summed E-state index contributed by atoms with van der Waals surface area (Å²) < 4.78 is 14.9. The molecule has 8 heteroatoms. The van der Waals surface area contributed by atoms with E-state index in [0.29, 0.717) is 21.7 Å². The van der Waals surface area contributed by atoms with Gasteiger partial charge in [0.2, 0.25) is 5.91 Å². The first-order valence-electron chi connectivity index (χ1n) is 7.83. The summed E-state index contributed by atoms with van der Waals surface area (Å²) in [4.78, 5) is 12.4. The van der Waals surface area contributed by atoms with Gasteiger partial charge in [0.05, 0.1) is 16.0 Å². The summed E-state index contributed by atoms with van der Waals surface area (Å²) in [6.45, 7) is 1.78. The molecule has 0 aliphatic carbocycles. The van der Waals surface area contributed by atoms with Gasteiger partial charge in [-0.05, 0) is 43.3 Å². The third kappa shape index (κ3) is 4.05. The van der Waals surface area contributed by atoms with Crippen molar-refractivity contribution < 1.29 is 9.18 Å². The lowest BCUT2D eigenvalue weighted by atomic mass is 10.2. The normalized spacial score (nSPS) is 12.0. The summed E-state index contributed by atoms with van der Waals surface area (Å²) in [7, 11) is 1.81. The van der Waals surface area contributed by atoms with Crippen LogP contribution in [0, 0.1) is 5.82 Å². The van der Waals surface area contributed by atoms with Crippen LogP contribution in [0.3, 0.4) is 0 Å². The number of carbonyl (C=O) groups excluding carboxylic acids is 1. The Hall–Kier alpha value is -2.38. The molecule has 1 aromatic heterocycles. The minimum Gasteiger partial charge on any atom is -0.324 e. The zero-order valence-electron chi connectivity index (χ0n) is 14.1. The molecule has 3 rings (SSSR count). The van der Waals surface area contributed by atoms with E-state index in [1.807, 2.05) is 0 Å². The summed E-state index contributed by atoms with van der Waals surface area (Å²) in [6.07, 6.45) is 0. The fourth-order valence-electron chi connectivity index (χ4n) is 2.28. The molecule has 5 nitrogen and oxygen atoms in total. The molecule has 0 aliphatic heterocycles. The summed E-state index contributed by atoms with van der Waals surface area (Å²) in [5, 5.41) is 11.7. The van der Waals surface area contributed by atoms with Gasteiger partial charge in [-0.2, -0.15) is 0 Å². The standard InChI is InChI=1S/C18H16ClFN4OS/c1-11(17(25)21-15-6-4-3-5-14(15)19)26-18-23-22-16(24(18)2)12-7-9-13(20)10-8-12/h3-11H,1-2H3,(H,21,25). The predicted molar refractivity (Wildman–Crippen MR) is 102 cm³/mol. The molecule has 1 N–H and O–H groups in total. The maximum atomic E-state index is 13.1. The molecule has 0 fully saturated rings. The van der Waals surface area contributed by atoms with Crippen LogP contribution in [0.1, 0.15) is 6.92 Å². The Balaban J connectivity index is 1.71. The number of halogens is 2. The molecular formula is C18H16ClFN4OS. The van der Waals surface area contributed by atoms with E-state index in [-0.39, 0.29) is 11.7 Å². The number of carbonyl (C=O) groups is 1. The minimum atomic E-state index is -0.407. The highest BCUT2D eigenvalue weighted by molar-refractivity contribution is 8.00. The van der Waals surface area contributed by atoms with Crippen LogP contribution in [0.25, 0.3) is 11.4 Å². The Morgan fingerprint density at radius 3 is 2.58 bits per heavy atom. The monoisotopic (exact) mass is 390 g/mol. The Morgan fingerprint density at radius 2 is 1.88 bits per heavy atom. The molecule has 1 atom stereocenters. The van der Waals surface area contributed by atoms with E-state index >= 15 is 0 Å². The van der Waals surface area contributed by atoms with Crippen molar-refractivity contribution in [3.8, 4) is 11.4 Å². The van der Waals surface area contributed by atoms with Crippen molar-refractivity contribution in [3.05, 3.63) is 59.4 Å². The van der Waals surface area contributed by atoms with E-state index in [0.717, 1.165) is 5.56 Å². The van der Waals surface area contributed by atoms with Crippen LogP contribution in [0.5, 0.6) is 0 Å². The number of hydrogen-bond acceptors (Lipinski definition) is 4. The second-order valence-corrected chi connectivity index (χ2v) is 7.32. The van der Waals surface area contributed by atoms with Crippen LogP contribution < -0.4 is 5.32 Å². The van der Waals surface area contributed by atoms with Crippen molar-refractivity contribution in [1.82, 2.24) is 14.8 Å². The van der Waals surface area contributed by atoms with Gasteiger partial charge in [0.1, 0.15) is 5.82 Å². The zero-order valence-corrected chi connectivity index (χ0v) is 15.7. The molecule has 3 aromatic rings. The maximum absolute atomic E-state index is 13.1. The fourth-order valence-corrected chi connectivity index (χ4v) is 3.27. The molecule has 0 saturated heterocycles. The molecule has 134 valence electrons. The predicted octanol–water partition coefficient (Wildman–Crippen LogP) is 4.39. The van der Waals surface area contributed by atoms with Gasteiger partial charge in [0, 0.05) is 12.6 Å². The van der Waals surface area contributed by atoms with Crippen molar-refractivity contribution >= 4 is 35.0 Å². The third-order valence-electron chi connectivity index (χ3n) is 3.72. The molecule has 2 aromatic carbocycles. The third-order valence-corrected chi connectivity index (χ3v) is 5.18. The molecule has 0 aliphatic rings. The Morgan fingerprint density at radius 1 is 1.19 bits per heavy atom. The lowest BCUT2D eigenvalue weighted by Crippen LogP contribution is -2.23. The Labute approximate surface area is 159 Å². The number of benzene rings is 2. The van der Waals surface area contributed by atoms with Gasteiger partial charge >= 0.3 is 0 Å². The van der Waals surface area contributed by atoms with E-state index in [9.17, 15) is 9.18 Å². The van der Waals surface area contributed by atoms with Gasteiger partial charge < -0.3 is 9.88 Å². The highest BCUT2D eigenvalue weighted by Crippen LogP contribution is 2.27. The average Bonchev–Trinajstić information content (AvgIpc) is 2.98. The lowest BCUT2D eigenvalue weighted by Gasteiger charge is -2.12. The summed E-state index contributed by atoms with van der Waals surface area (Å²) >= 11 is 7.35. The first kappa shape index (κ1) is 18.4. The minimum absolute atomic E-state index is 0.186. The molecule has 26 heavy (non-hydrogen) atoms. The number of anilines is 1. The van der Waals surface area contributed by atoms with Crippen LogP contribution in [0.2, 0.25) is 5.02 Å². The van der Waals surface area contributed by atoms with Crippen molar-refractivity contribution in [1.29, 1.82) is 0 Å². The largest absolute Gasteiger partial charge is 0.324 e. The summed E-state index contributed by atoms with van der Waals surface area (Å²) in [5.74, 6) is 0.107. The lowest BCUT2D eigenvalue weighted by molar-refractivity contribution is -0.115. The van der Waals surface area contributed by atoms with E-state index in [1.54, 1.807) is 54.9 Å². The molecule has 1 unspecified atom stereocenters. The number of thioether (sulfide) groups is 1. The zero-order chi connectivity index (χ0) is 18.7. The molecule has 0 bridgehead atoms. The van der Waals surface area contributed by atoms with Gasteiger partial charge in [-0.1, -0.05) is 35.5 Å². The number of amides is 1. The van der Waals surface area contributed by atoms with Gasteiger partial charge in [0.25, 0.3) is 0 Å². The van der Waals surface area contributed by atoms with Crippen molar-refractivity contribution in [2.45, 2.75) is 17.3 Å². The van der Waals surface area contributed by atoms with Gasteiger partial charge in [0.15, 0.2) is 11.0 Å². The number of para-hydroxylation sites is 1. The van der Waals surface area contributed by atoms with Gasteiger partial charge in [-0.25, -0.2) is 4.39 Å². The van der Waals surface area contributed by atoms with Crippen LogP contribution in [0.15, 0.2) is 53.7 Å². The van der Waals surface area contributed by atoms with Gasteiger partial charge in [-0.3, -0.25) is 4.79 Å². The topological polar surface area (TPSA) is 59.8 Å². The number of nitrogens with zero attached hydrogens (tertiary/aromatic N) is 3. The molecule has 0 saturated carbocycles. The molecule has 1 heterocycles. The van der Waals surface area contributed by atoms with Crippen LogP contribution in [-0.4, -0.2) is 25.9 Å². The Kier molecular flexibility index (Phi) is 5.58. The smallest absolute Gasteiger partial charge is 0.237 e. The van der Waals surface area contributed by atoms with Crippen LogP contribution >= 0.6 is 23.4 Å². The number of rotatable bonds is 5. The second-order valence-electron chi connectivity index (χ2n) is 5.60. The fraction of sp³-hybridized carbons (Fsp3) is 0.167. The van der Waals surface area contributed by atoms with Crippen LogP contribution in [0.4, 0.5) is 10.1 Å².